The topological polar surface area (TPSA) is 58.6 Å². The number of H-pyrrole nitrogens is 1. The van der Waals surface area contributed by atoms with E-state index in [1.54, 1.807) is 0 Å². The molecule has 0 radical (unpaired) electrons. The molecule has 2 heterocycles. The molecular formula is C13H16ClN3O. The zero-order chi connectivity index (χ0) is 13.7. The molecule has 0 atom stereocenters. The molecule has 2 aromatic heterocycles. The van der Waals surface area contributed by atoms with Gasteiger partial charge in [0.1, 0.15) is 5.82 Å². The molecule has 0 bridgehead atoms. The van der Waals surface area contributed by atoms with Crippen LogP contribution in [0.15, 0.2) is 4.79 Å². The predicted molar refractivity (Wildman–Crippen MR) is 73.3 cm³/mol. The second-order valence-corrected chi connectivity index (χ2v) is 5.88. The van der Waals surface area contributed by atoms with Crippen LogP contribution in [0.2, 0.25) is 5.02 Å². The highest BCUT2D eigenvalue weighted by Gasteiger charge is 2.20. The van der Waals surface area contributed by atoms with Gasteiger partial charge in [-0.15, -0.1) is 0 Å². The normalized spacial score (nSPS) is 12.1. The van der Waals surface area contributed by atoms with E-state index < -0.39 is 0 Å². The third-order valence-corrected chi connectivity index (χ3v) is 3.46. The molecule has 4 nitrogen and oxygen atoms in total. The Morgan fingerprint density at radius 1 is 1.17 bits per heavy atom. The van der Waals surface area contributed by atoms with Gasteiger partial charge in [-0.3, -0.25) is 4.79 Å². The summed E-state index contributed by atoms with van der Waals surface area (Å²) in [5.41, 5.74) is 1.48. The van der Waals surface area contributed by atoms with Gasteiger partial charge in [-0.05, 0) is 19.4 Å². The number of aryl methyl sites for hydroxylation is 2. The molecule has 96 valence electrons. The minimum Gasteiger partial charge on any atom is -0.309 e. The minimum atomic E-state index is -0.226. The van der Waals surface area contributed by atoms with Crippen molar-refractivity contribution in [3.05, 3.63) is 32.5 Å². The van der Waals surface area contributed by atoms with E-state index in [0.717, 1.165) is 5.56 Å². The van der Waals surface area contributed by atoms with Gasteiger partial charge in [-0.1, -0.05) is 32.4 Å². The van der Waals surface area contributed by atoms with E-state index >= 15 is 0 Å². The molecular weight excluding hydrogens is 250 g/mol. The van der Waals surface area contributed by atoms with E-state index in [2.05, 4.69) is 15.0 Å². The lowest BCUT2D eigenvalue weighted by Crippen LogP contribution is -2.23. The number of aromatic amines is 1. The van der Waals surface area contributed by atoms with E-state index in [9.17, 15) is 4.79 Å². The molecule has 18 heavy (non-hydrogen) atoms. The molecule has 0 aliphatic heterocycles. The maximum atomic E-state index is 12.1. The van der Waals surface area contributed by atoms with E-state index in [0.29, 0.717) is 27.6 Å². The van der Waals surface area contributed by atoms with Gasteiger partial charge in [0.05, 0.1) is 16.1 Å². The van der Waals surface area contributed by atoms with Gasteiger partial charge in [0.2, 0.25) is 0 Å². The Morgan fingerprint density at radius 3 is 2.33 bits per heavy atom. The van der Waals surface area contributed by atoms with Gasteiger partial charge in [-0.25, -0.2) is 9.97 Å². The highest BCUT2D eigenvalue weighted by atomic mass is 35.5. The van der Waals surface area contributed by atoms with Crippen LogP contribution in [0.1, 0.15) is 37.9 Å². The average Bonchev–Trinajstić information content (AvgIpc) is 2.23. The summed E-state index contributed by atoms with van der Waals surface area (Å²) in [5, 5.41) is 0.997. The summed E-state index contributed by atoms with van der Waals surface area (Å²) >= 11 is 6.12. The van der Waals surface area contributed by atoms with Crippen molar-refractivity contribution in [2.45, 2.75) is 40.0 Å². The van der Waals surface area contributed by atoms with E-state index in [1.807, 2.05) is 34.6 Å². The fourth-order valence-corrected chi connectivity index (χ4v) is 1.96. The molecule has 0 fully saturated rings. The molecule has 0 spiro atoms. The Morgan fingerprint density at radius 2 is 1.78 bits per heavy atom. The van der Waals surface area contributed by atoms with Crippen LogP contribution in [0.4, 0.5) is 0 Å². The third kappa shape index (κ3) is 2.01. The number of aromatic nitrogens is 3. The van der Waals surface area contributed by atoms with Crippen molar-refractivity contribution in [1.29, 1.82) is 0 Å². The highest BCUT2D eigenvalue weighted by molar-refractivity contribution is 6.32. The first-order valence-electron chi connectivity index (χ1n) is 5.79. The predicted octanol–water partition coefficient (Wildman–Crippen LogP) is 2.89. The average molecular weight is 266 g/mol. The largest absolute Gasteiger partial charge is 0.309 e. The van der Waals surface area contributed by atoms with Crippen LogP contribution in [-0.4, -0.2) is 15.0 Å². The SMILES string of the molecule is Cc1nc2nc(C(C)(C)C)[nH]c(=O)c2c(C)c1Cl. The molecule has 1 N–H and O–H groups in total. The molecule has 5 heteroatoms. The first kappa shape index (κ1) is 13.0. The monoisotopic (exact) mass is 265 g/mol. The lowest BCUT2D eigenvalue weighted by Gasteiger charge is -2.17. The van der Waals surface area contributed by atoms with Crippen LogP contribution < -0.4 is 5.56 Å². The van der Waals surface area contributed by atoms with Crippen molar-refractivity contribution in [1.82, 2.24) is 15.0 Å². The van der Waals surface area contributed by atoms with E-state index in [4.69, 9.17) is 11.6 Å². The molecule has 0 amide bonds. The van der Waals surface area contributed by atoms with Crippen LogP contribution in [-0.2, 0) is 5.41 Å². The van der Waals surface area contributed by atoms with Gasteiger partial charge in [-0.2, -0.15) is 0 Å². The Kier molecular flexibility index (Phi) is 2.93. The number of hydrogen-bond donors (Lipinski definition) is 1. The van der Waals surface area contributed by atoms with Crippen LogP contribution in [0.3, 0.4) is 0 Å². The molecule has 0 saturated heterocycles. The standard InChI is InChI=1S/C13H16ClN3O/c1-6-8-10(15-7(2)9(6)14)16-12(13(3,4)5)17-11(8)18/h1-5H3,(H,15,16,17,18). The highest BCUT2D eigenvalue weighted by Crippen LogP contribution is 2.25. The number of nitrogens with zero attached hydrogens (tertiary/aromatic N) is 2. The fourth-order valence-electron chi connectivity index (χ4n) is 1.82. The molecule has 2 aromatic rings. The molecule has 0 unspecified atom stereocenters. The summed E-state index contributed by atoms with van der Waals surface area (Å²) in [5.74, 6) is 0.633. The van der Waals surface area contributed by atoms with Crippen molar-refractivity contribution >= 4 is 22.6 Å². The Labute approximate surface area is 110 Å². The van der Waals surface area contributed by atoms with Gasteiger partial charge in [0.25, 0.3) is 5.56 Å². The molecule has 0 aliphatic rings. The quantitative estimate of drug-likeness (QED) is 0.797. The summed E-state index contributed by atoms with van der Waals surface area (Å²) < 4.78 is 0. The lowest BCUT2D eigenvalue weighted by atomic mass is 9.95. The lowest BCUT2D eigenvalue weighted by molar-refractivity contribution is 0.545. The second kappa shape index (κ2) is 4.05. The van der Waals surface area contributed by atoms with Crippen molar-refractivity contribution in [3.8, 4) is 0 Å². The van der Waals surface area contributed by atoms with Crippen LogP contribution >= 0.6 is 11.6 Å². The van der Waals surface area contributed by atoms with Gasteiger partial charge in [0.15, 0.2) is 5.65 Å². The Hall–Kier alpha value is -1.42. The first-order valence-corrected chi connectivity index (χ1v) is 6.17. The van der Waals surface area contributed by atoms with Gasteiger partial charge in [0, 0.05) is 5.41 Å². The van der Waals surface area contributed by atoms with Crippen LogP contribution in [0, 0.1) is 13.8 Å². The van der Waals surface area contributed by atoms with Crippen LogP contribution in [0.5, 0.6) is 0 Å². The number of hydrogen-bond acceptors (Lipinski definition) is 3. The number of halogens is 1. The molecule has 0 aliphatic carbocycles. The molecule has 0 aromatic carbocycles. The fraction of sp³-hybridized carbons (Fsp3) is 0.462. The number of nitrogens with one attached hydrogen (secondary N) is 1. The minimum absolute atomic E-state index is 0.183. The zero-order valence-corrected chi connectivity index (χ0v) is 11.9. The summed E-state index contributed by atoms with van der Waals surface area (Å²) in [6, 6.07) is 0. The van der Waals surface area contributed by atoms with Gasteiger partial charge >= 0.3 is 0 Å². The first-order chi connectivity index (χ1) is 8.21. The third-order valence-electron chi connectivity index (χ3n) is 2.91. The smallest absolute Gasteiger partial charge is 0.260 e. The van der Waals surface area contributed by atoms with E-state index in [-0.39, 0.29) is 11.0 Å². The number of rotatable bonds is 0. The van der Waals surface area contributed by atoms with Crippen molar-refractivity contribution in [3.63, 3.8) is 0 Å². The zero-order valence-electron chi connectivity index (χ0n) is 11.2. The summed E-state index contributed by atoms with van der Waals surface area (Å²) in [6.45, 7) is 9.60. The van der Waals surface area contributed by atoms with E-state index in [1.165, 1.54) is 0 Å². The number of fused-ring (bicyclic) bond motifs is 1. The van der Waals surface area contributed by atoms with Gasteiger partial charge < -0.3 is 4.98 Å². The number of pyridine rings is 1. The summed E-state index contributed by atoms with van der Waals surface area (Å²) in [6.07, 6.45) is 0. The Bertz CT molecular complexity index is 683. The van der Waals surface area contributed by atoms with Crippen molar-refractivity contribution in [2.24, 2.45) is 0 Å². The summed E-state index contributed by atoms with van der Waals surface area (Å²) in [7, 11) is 0. The summed E-state index contributed by atoms with van der Waals surface area (Å²) in [4.78, 5) is 23.7. The van der Waals surface area contributed by atoms with Crippen LogP contribution in [0.25, 0.3) is 11.0 Å². The van der Waals surface area contributed by atoms with Crippen molar-refractivity contribution in [2.75, 3.05) is 0 Å². The maximum absolute atomic E-state index is 12.1. The Balaban J connectivity index is 2.92. The molecule has 2 rings (SSSR count). The van der Waals surface area contributed by atoms with Crippen molar-refractivity contribution < 1.29 is 0 Å². The maximum Gasteiger partial charge on any atom is 0.260 e. The molecule has 0 saturated carbocycles. The second-order valence-electron chi connectivity index (χ2n) is 5.50.